The minimum atomic E-state index is -0.184. The topological polar surface area (TPSA) is 0 Å². The van der Waals surface area contributed by atoms with Gasteiger partial charge in [-0.15, -0.1) is 6.42 Å². The number of hydrogen-bond acceptors (Lipinski definition) is 0. The molecule has 0 heterocycles. The van der Waals surface area contributed by atoms with E-state index in [9.17, 15) is 0 Å². The maximum atomic E-state index is 5.48. The number of terminal acetylenes is 1. The molecule has 1 aromatic rings. The van der Waals surface area contributed by atoms with Gasteiger partial charge in [0, 0.05) is 0 Å². The first-order valence-electron chi connectivity index (χ1n) is 4.03. The summed E-state index contributed by atoms with van der Waals surface area (Å²) in [5.41, 5.74) is 2.31. The van der Waals surface area contributed by atoms with Crippen molar-refractivity contribution in [2.75, 3.05) is 0 Å². The first kappa shape index (κ1) is 7.18. The van der Waals surface area contributed by atoms with Gasteiger partial charge < -0.3 is 0 Å². The van der Waals surface area contributed by atoms with Crippen molar-refractivity contribution in [2.24, 2.45) is 0 Å². The third kappa shape index (κ3) is 0.801. The molecule has 1 atom stereocenters. The van der Waals surface area contributed by atoms with E-state index < -0.39 is 0 Å². The Kier molecular flexibility index (Phi) is 1.35. The molecule has 2 rings (SSSR count). The van der Waals surface area contributed by atoms with Gasteiger partial charge in [0.05, 0.1) is 5.41 Å². The molecule has 1 aromatic carbocycles. The van der Waals surface area contributed by atoms with Crippen LogP contribution in [0.3, 0.4) is 0 Å². The fraction of sp³-hybridized carbons (Fsp3) is 0.167. The van der Waals surface area contributed by atoms with Gasteiger partial charge in [-0.25, -0.2) is 0 Å². The quantitative estimate of drug-likeness (QED) is 0.504. The highest BCUT2D eigenvalue weighted by Crippen LogP contribution is 2.34. The third-order valence-corrected chi connectivity index (χ3v) is 2.42. The predicted molar refractivity (Wildman–Crippen MR) is 51.7 cm³/mol. The first-order valence-corrected chi connectivity index (χ1v) is 4.03. The highest BCUT2D eigenvalue weighted by atomic mass is 14.3. The normalized spacial score (nSPS) is 25.0. The summed E-state index contributed by atoms with van der Waals surface area (Å²) in [6.07, 6.45) is 9.66. The Morgan fingerprint density at radius 2 is 2.08 bits per heavy atom. The summed E-state index contributed by atoms with van der Waals surface area (Å²) in [5.74, 6) is 2.81. The molecule has 0 aromatic heterocycles. The van der Waals surface area contributed by atoms with Gasteiger partial charge in [0.25, 0.3) is 0 Å². The van der Waals surface area contributed by atoms with Crippen LogP contribution in [0.25, 0.3) is 6.08 Å². The highest BCUT2D eigenvalue weighted by molar-refractivity contribution is 5.67. The van der Waals surface area contributed by atoms with E-state index in [2.05, 4.69) is 37.1 Å². The lowest BCUT2D eigenvalue weighted by Crippen LogP contribution is -2.13. The average molecular weight is 154 g/mol. The summed E-state index contributed by atoms with van der Waals surface area (Å²) in [6, 6.07) is 8.25. The molecule has 0 saturated heterocycles. The Morgan fingerprint density at radius 3 is 2.83 bits per heavy atom. The predicted octanol–water partition coefficient (Wildman–Crippen LogP) is 2.60. The monoisotopic (exact) mass is 154 g/mol. The molecule has 0 radical (unpaired) electrons. The third-order valence-electron chi connectivity index (χ3n) is 2.42. The van der Waals surface area contributed by atoms with Gasteiger partial charge in [-0.1, -0.05) is 42.3 Å². The van der Waals surface area contributed by atoms with Crippen molar-refractivity contribution in [1.82, 2.24) is 0 Å². The Morgan fingerprint density at radius 1 is 1.33 bits per heavy atom. The molecule has 1 aliphatic carbocycles. The summed E-state index contributed by atoms with van der Waals surface area (Å²) in [6.45, 7) is 2.06. The molecular formula is C12H10. The summed E-state index contributed by atoms with van der Waals surface area (Å²) < 4.78 is 0. The standard InChI is InChI=1S/C12H10/c1-3-12(2)9-8-10-6-4-5-7-11(10)12/h1,4-9H,2H3. The highest BCUT2D eigenvalue weighted by Gasteiger charge is 2.26. The van der Waals surface area contributed by atoms with Gasteiger partial charge in [-0.2, -0.15) is 0 Å². The molecule has 12 heavy (non-hydrogen) atoms. The fourth-order valence-electron chi connectivity index (χ4n) is 1.59. The average Bonchev–Trinajstić information content (AvgIpc) is 2.46. The van der Waals surface area contributed by atoms with Gasteiger partial charge in [0.2, 0.25) is 0 Å². The Hall–Kier alpha value is -1.48. The molecule has 0 N–H and O–H groups in total. The SMILES string of the molecule is C#CC1(C)C=Cc2ccccc21. The smallest absolute Gasteiger partial charge is 0.0721 e. The summed E-state index contributed by atoms with van der Waals surface area (Å²) in [7, 11) is 0. The Balaban J connectivity index is 2.65. The minimum Gasteiger partial charge on any atom is -0.119 e. The zero-order valence-electron chi connectivity index (χ0n) is 7.04. The molecule has 0 spiro atoms. The van der Waals surface area contributed by atoms with Crippen LogP contribution < -0.4 is 0 Å². The van der Waals surface area contributed by atoms with E-state index in [0.717, 1.165) is 0 Å². The van der Waals surface area contributed by atoms with Crippen LogP contribution in [0.4, 0.5) is 0 Å². The van der Waals surface area contributed by atoms with Gasteiger partial charge in [-0.3, -0.25) is 0 Å². The minimum absolute atomic E-state index is 0.184. The molecule has 0 saturated carbocycles. The number of allylic oxidation sites excluding steroid dienone is 1. The van der Waals surface area contributed by atoms with E-state index in [-0.39, 0.29) is 5.41 Å². The van der Waals surface area contributed by atoms with E-state index >= 15 is 0 Å². The molecule has 0 nitrogen and oxygen atoms in total. The molecule has 0 amide bonds. The Labute approximate surface area is 72.9 Å². The second-order valence-corrected chi connectivity index (χ2v) is 3.27. The lowest BCUT2D eigenvalue weighted by molar-refractivity contribution is 0.807. The van der Waals surface area contributed by atoms with Crippen molar-refractivity contribution in [3.63, 3.8) is 0 Å². The van der Waals surface area contributed by atoms with Crippen molar-refractivity contribution in [3.8, 4) is 12.3 Å². The van der Waals surface area contributed by atoms with Crippen LogP contribution in [0.5, 0.6) is 0 Å². The number of rotatable bonds is 0. The second-order valence-electron chi connectivity index (χ2n) is 3.27. The molecule has 0 bridgehead atoms. The number of benzene rings is 1. The zero-order valence-corrected chi connectivity index (χ0v) is 7.04. The molecule has 0 heteroatoms. The lowest BCUT2D eigenvalue weighted by atomic mass is 9.86. The number of fused-ring (bicyclic) bond motifs is 1. The van der Waals surface area contributed by atoms with Gasteiger partial charge in [0.15, 0.2) is 0 Å². The fourth-order valence-corrected chi connectivity index (χ4v) is 1.59. The van der Waals surface area contributed by atoms with Gasteiger partial charge in [0.1, 0.15) is 0 Å². The summed E-state index contributed by atoms with van der Waals surface area (Å²) in [5, 5.41) is 0. The molecule has 1 unspecified atom stereocenters. The lowest BCUT2D eigenvalue weighted by Gasteiger charge is -2.15. The summed E-state index contributed by atoms with van der Waals surface area (Å²) >= 11 is 0. The van der Waals surface area contributed by atoms with Crippen LogP contribution in [0.1, 0.15) is 18.1 Å². The van der Waals surface area contributed by atoms with Crippen LogP contribution >= 0.6 is 0 Å². The van der Waals surface area contributed by atoms with Crippen molar-refractivity contribution in [3.05, 3.63) is 41.5 Å². The maximum Gasteiger partial charge on any atom is 0.0721 e. The summed E-state index contributed by atoms with van der Waals surface area (Å²) in [4.78, 5) is 0. The van der Waals surface area contributed by atoms with E-state index in [4.69, 9.17) is 6.42 Å². The molecular weight excluding hydrogens is 144 g/mol. The van der Waals surface area contributed by atoms with Crippen LogP contribution in [-0.2, 0) is 5.41 Å². The van der Waals surface area contributed by atoms with Crippen molar-refractivity contribution >= 4 is 6.08 Å². The van der Waals surface area contributed by atoms with Crippen LogP contribution in [0.2, 0.25) is 0 Å². The van der Waals surface area contributed by atoms with Crippen LogP contribution in [0.15, 0.2) is 30.3 Å². The van der Waals surface area contributed by atoms with Crippen LogP contribution in [0, 0.1) is 12.3 Å². The van der Waals surface area contributed by atoms with Gasteiger partial charge in [-0.05, 0) is 18.1 Å². The van der Waals surface area contributed by atoms with Gasteiger partial charge >= 0.3 is 0 Å². The van der Waals surface area contributed by atoms with Crippen molar-refractivity contribution in [2.45, 2.75) is 12.3 Å². The van der Waals surface area contributed by atoms with E-state index in [0.29, 0.717) is 0 Å². The van der Waals surface area contributed by atoms with E-state index in [1.54, 1.807) is 0 Å². The molecule has 58 valence electrons. The Bertz CT molecular complexity index is 379. The first-order chi connectivity index (χ1) is 5.76. The van der Waals surface area contributed by atoms with E-state index in [1.807, 2.05) is 12.1 Å². The molecule has 1 aliphatic rings. The second kappa shape index (κ2) is 2.25. The van der Waals surface area contributed by atoms with Crippen LogP contribution in [-0.4, -0.2) is 0 Å². The van der Waals surface area contributed by atoms with Crippen molar-refractivity contribution < 1.29 is 0 Å². The maximum absolute atomic E-state index is 5.48. The van der Waals surface area contributed by atoms with E-state index in [1.165, 1.54) is 11.1 Å². The van der Waals surface area contributed by atoms with Crippen molar-refractivity contribution in [1.29, 1.82) is 0 Å². The zero-order chi connectivity index (χ0) is 8.60. The molecule has 0 aliphatic heterocycles. The largest absolute Gasteiger partial charge is 0.119 e. The molecule has 0 fully saturated rings. The number of hydrogen-bond donors (Lipinski definition) is 0.